The SMILES string of the molecule is CCc1ccc(N2C(=O)C(Cl)=C(Nc3cccc(C(=O)NCc4ccccc4)c3)C2=O)cc1. The molecule has 3 amide bonds. The van der Waals surface area contributed by atoms with Gasteiger partial charge in [0.25, 0.3) is 17.7 Å². The Morgan fingerprint density at radius 3 is 2.30 bits per heavy atom. The number of hydrogen-bond acceptors (Lipinski definition) is 4. The Balaban J connectivity index is 1.48. The van der Waals surface area contributed by atoms with E-state index >= 15 is 0 Å². The highest BCUT2D eigenvalue weighted by Crippen LogP contribution is 2.30. The molecule has 4 rings (SSSR count). The number of halogens is 1. The molecule has 0 saturated heterocycles. The molecule has 1 aliphatic heterocycles. The highest BCUT2D eigenvalue weighted by atomic mass is 35.5. The lowest BCUT2D eigenvalue weighted by atomic mass is 10.1. The molecule has 1 aliphatic rings. The van der Waals surface area contributed by atoms with Gasteiger partial charge in [-0.15, -0.1) is 0 Å². The summed E-state index contributed by atoms with van der Waals surface area (Å²) in [4.78, 5) is 39.3. The second kappa shape index (κ2) is 9.71. The van der Waals surface area contributed by atoms with Crippen molar-refractivity contribution in [3.05, 3.63) is 106 Å². The molecule has 0 unspecified atom stereocenters. The Hall–Kier alpha value is -3.90. The minimum Gasteiger partial charge on any atom is -0.350 e. The summed E-state index contributed by atoms with van der Waals surface area (Å²) in [6.07, 6.45) is 0.850. The zero-order chi connectivity index (χ0) is 23.4. The lowest BCUT2D eigenvalue weighted by Gasteiger charge is -2.15. The molecule has 0 aliphatic carbocycles. The van der Waals surface area contributed by atoms with Gasteiger partial charge in [0.05, 0.1) is 5.69 Å². The number of aryl methyl sites for hydroxylation is 1. The van der Waals surface area contributed by atoms with E-state index in [-0.39, 0.29) is 16.6 Å². The number of rotatable bonds is 7. The van der Waals surface area contributed by atoms with Crippen LogP contribution in [0, 0.1) is 0 Å². The van der Waals surface area contributed by atoms with Gasteiger partial charge in [0.2, 0.25) is 0 Å². The van der Waals surface area contributed by atoms with Crippen LogP contribution in [0.5, 0.6) is 0 Å². The normalized spacial score (nSPS) is 13.5. The van der Waals surface area contributed by atoms with Crippen LogP contribution in [-0.4, -0.2) is 17.7 Å². The molecule has 3 aromatic carbocycles. The molecule has 166 valence electrons. The van der Waals surface area contributed by atoms with Crippen LogP contribution in [0.1, 0.15) is 28.4 Å². The number of hydrogen-bond donors (Lipinski definition) is 2. The summed E-state index contributed by atoms with van der Waals surface area (Å²) >= 11 is 6.22. The highest BCUT2D eigenvalue weighted by molar-refractivity contribution is 6.53. The number of carbonyl (C=O) groups is 3. The van der Waals surface area contributed by atoms with Crippen LogP contribution < -0.4 is 15.5 Å². The minimum absolute atomic E-state index is 0.0249. The van der Waals surface area contributed by atoms with Crippen molar-refractivity contribution in [2.24, 2.45) is 0 Å². The molecule has 0 bridgehead atoms. The summed E-state index contributed by atoms with van der Waals surface area (Å²) in [5, 5.41) is 5.59. The standard InChI is InChI=1S/C26H22ClN3O3/c1-2-17-11-13-21(14-12-17)30-25(32)22(27)23(26(30)33)29-20-10-6-9-19(15-20)24(31)28-16-18-7-4-3-5-8-18/h3-15,29H,2,16H2,1H3,(H,28,31). The van der Waals surface area contributed by atoms with Crippen LogP contribution in [0.3, 0.4) is 0 Å². The monoisotopic (exact) mass is 459 g/mol. The Kier molecular flexibility index (Phi) is 6.56. The van der Waals surface area contributed by atoms with Gasteiger partial charge in [0.1, 0.15) is 10.7 Å². The summed E-state index contributed by atoms with van der Waals surface area (Å²) in [6.45, 7) is 2.42. The van der Waals surface area contributed by atoms with E-state index in [0.717, 1.165) is 22.4 Å². The first kappa shape index (κ1) is 22.3. The number of amides is 3. The van der Waals surface area contributed by atoms with E-state index in [1.165, 1.54) is 0 Å². The van der Waals surface area contributed by atoms with E-state index in [9.17, 15) is 14.4 Å². The van der Waals surface area contributed by atoms with E-state index < -0.39 is 11.8 Å². The summed E-state index contributed by atoms with van der Waals surface area (Å²) in [5.74, 6) is -1.40. The zero-order valence-corrected chi connectivity index (χ0v) is 18.7. The summed E-state index contributed by atoms with van der Waals surface area (Å²) in [6, 6.07) is 23.4. The fourth-order valence-corrected chi connectivity index (χ4v) is 3.70. The number of imide groups is 1. The van der Waals surface area contributed by atoms with Gasteiger partial charge in [-0.1, -0.05) is 67.1 Å². The van der Waals surface area contributed by atoms with E-state index in [1.54, 1.807) is 36.4 Å². The summed E-state index contributed by atoms with van der Waals surface area (Å²) < 4.78 is 0. The summed E-state index contributed by atoms with van der Waals surface area (Å²) in [7, 11) is 0. The molecule has 0 atom stereocenters. The van der Waals surface area contributed by atoms with Crippen LogP contribution >= 0.6 is 11.6 Å². The van der Waals surface area contributed by atoms with Gasteiger partial charge < -0.3 is 10.6 Å². The van der Waals surface area contributed by atoms with Gasteiger partial charge in [-0.2, -0.15) is 0 Å². The Morgan fingerprint density at radius 1 is 0.879 bits per heavy atom. The number of anilines is 2. The minimum atomic E-state index is -0.592. The third kappa shape index (κ3) is 4.81. The van der Waals surface area contributed by atoms with Crippen LogP contribution in [0.15, 0.2) is 89.6 Å². The van der Waals surface area contributed by atoms with Crippen molar-refractivity contribution >= 4 is 40.7 Å². The lowest BCUT2D eigenvalue weighted by Crippen LogP contribution is -2.32. The molecule has 3 aromatic rings. The fourth-order valence-electron chi connectivity index (χ4n) is 3.49. The average Bonchev–Trinajstić information content (AvgIpc) is 3.06. The molecule has 1 heterocycles. The van der Waals surface area contributed by atoms with Gasteiger partial charge in [0, 0.05) is 17.8 Å². The first-order valence-electron chi connectivity index (χ1n) is 10.5. The van der Waals surface area contributed by atoms with Crippen LogP contribution in [0.25, 0.3) is 0 Å². The van der Waals surface area contributed by atoms with Gasteiger partial charge in [-0.05, 0) is 47.9 Å². The highest BCUT2D eigenvalue weighted by Gasteiger charge is 2.38. The molecule has 0 fully saturated rings. The van der Waals surface area contributed by atoms with Gasteiger partial charge in [0.15, 0.2) is 0 Å². The van der Waals surface area contributed by atoms with E-state index in [1.807, 2.05) is 49.4 Å². The molecular formula is C26H22ClN3O3. The summed E-state index contributed by atoms with van der Waals surface area (Å²) in [5.41, 5.74) is 3.39. The predicted octanol–water partition coefficient (Wildman–Crippen LogP) is 4.61. The first-order valence-corrected chi connectivity index (χ1v) is 10.9. The Morgan fingerprint density at radius 2 is 1.61 bits per heavy atom. The largest absolute Gasteiger partial charge is 0.350 e. The third-order valence-electron chi connectivity index (χ3n) is 5.32. The first-order chi connectivity index (χ1) is 16.0. The van der Waals surface area contributed by atoms with Crippen LogP contribution in [0.4, 0.5) is 11.4 Å². The molecule has 7 heteroatoms. The second-order valence-electron chi connectivity index (χ2n) is 7.53. The van der Waals surface area contributed by atoms with Gasteiger partial charge in [-0.25, -0.2) is 4.90 Å². The van der Waals surface area contributed by atoms with Crippen molar-refractivity contribution in [1.82, 2.24) is 5.32 Å². The van der Waals surface area contributed by atoms with Gasteiger partial charge >= 0.3 is 0 Å². The second-order valence-corrected chi connectivity index (χ2v) is 7.91. The zero-order valence-electron chi connectivity index (χ0n) is 18.0. The molecule has 0 aromatic heterocycles. The molecule has 0 spiro atoms. The quantitative estimate of drug-likeness (QED) is 0.505. The van der Waals surface area contributed by atoms with Crippen molar-refractivity contribution < 1.29 is 14.4 Å². The predicted molar refractivity (Wildman–Crippen MR) is 129 cm³/mol. The van der Waals surface area contributed by atoms with E-state index in [4.69, 9.17) is 11.6 Å². The molecule has 6 nitrogen and oxygen atoms in total. The lowest BCUT2D eigenvalue weighted by molar-refractivity contribution is -0.120. The number of nitrogens with zero attached hydrogens (tertiary/aromatic N) is 1. The van der Waals surface area contributed by atoms with Crippen molar-refractivity contribution in [2.75, 3.05) is 10.2 Å². The molecular weight excluding hydrogens is 438 g/mol. The topological polar surface area (TPSA) is 78.5 Å². The van der Waals surface area contributed by atoms with Crippen LogP contribution in [-0.2, 0) is 22.6 Å². The van der Waals surface area contributed by atoms with Crippen molar-refractivity contribution in [2.45, 2.75) is 19.9 Å². The van der Waals surface area contributed by atoms with E-state index in [2.05, 4.69) is 10.6 Å². The maximum Gasteiger partial charge on any atom is 0.283 e. The van der Waals surface area contributed by atoms with Crippen molar-refractivity contribution in [3.63, 3.8) is 0 Å². The number of benzene rings is 3. The Labute approximate surface area is 196 Å². The van der Waals surface area contributed by atoms with Crippen LogP contribution in [0.2, 0.25) is 0 Å². The molecule has 33 heavy (non-hydrogen) atoms. The molecule has 0 saturated carbocycles. The van der Waals surface area contributed by atoms with E-state index in [0.29, 0.717) is 23.5 Å². The maximum absolute atomic E-state index is 13.0. The molecule has 2 N–H and O–H groups in total. The smallest absolute Gasteiger partial charge is 0.283 e. The van der Waals surface area contributed by atoms with Gasteiger partial charge in [-0.3, -0.25) is 14.4 Å². The van der Waals surface area contributed by atoms with Crippen molar-refractivity contribution in [3.8, 4) is 0 Å². The van der Waals surface area contributed by atoms with Crippen molar-refractivity contribution in [1.29, 1.82) is 0 Å². The fraction of sp³-hybridized carbons (Fsp3) is 0.115. The number of nitrogens with one attached hydrogen (secondary N) is 2. The maximum atomic E-state index is 13.0. The third-order valence-corrected chi connectivity index (χ3v) is 5.67. The number of carbonyl (C=O) groups excluding carboxylic acids is 3. The Bertz CT molecular complexity index is 1240. The molecule has 0 radical (unpaired) electrons. The average molecular weight is 460 g/mol.